The van der Waals surface area contributed by atoms with Crippen molar-refractivity contribution in [1.29, 1.82) is 0 Å². The topological polar surface area (TPSA) is 138 Å². The predicted octanol–water partition coefficient (Wildman–Crippen LogP) is 3.31. The first-order chi connectivity index (χ1) is 18.4. The van der Waals surface area contributed by atoms with E-state index >= 15 is 0 Å². The van der Waals surface area contributed by atoms with Gasteiger partial charge in [0.15, 0.2) is 11.8 Å². The van der Waals surface area contributed by atoms with Crippen molar-refractivity contribution in [3.05, 3.63) is 16.1 Å². The number of ether oxygens (including phenoxy) is 2. The van der Waals surface area contributed by atoms with Crippen LogP contribution in [-0.2, 0) is 23.9 Å². The van der Waals surface area contributed by atoms with E-state index in [1.54, 1.807) is 4.90 Å². The van der Waals surface area contributed by atoms with E-state index in [0.717, 1.165) is 37.1 Å². The lowest BCUT2D eigenvalue weighted by Gasteiger charge is -2.39. The molecule has 1 saturated heterocycles. The minimum Gasteiger partial charge on any atom is -0.476 e. The van der Waals surface area contributed by atoms with E-state index in [0.29, 0.717) is 11.4 Å². The summed E-state index contributed by atoms with van der Waals surface area (Å²) in [7, 11) is 3.42. The van der Waals surface area contributed by atoms with Gasteiger partial charge in [0.2, 0.25) is 11.8 Å². The van der Waals surface area contributed by atoms with Crippen molar-refractivity contribution in [2.75, 3.05) is 27.4 Å². The number of carbonyl (C=O) groups excluding carboxylic acids is 3. The van der Waals surface area contributed by atoms with Gasteiger partial charge in [-0.2, -0.15) is 0 Å². The number of hydrogen-bond donors (Lipinski definition) is 2. The third-order valence-electron chi connectivity index (χ3n) is 7.35. The molecule has 1 aromatic heterocycles. The third kappa shape index (κ3) is 8.97. The Kier molecular flexibility index (Phi) is 12.8. The molecule has 0 aromatic carbocycles. The zero-order valence-corrected chi connectivity index (χ0v) is 25.0. The lowest BCUT2D eigenvalue weighted by molar-refractivity contribution is -0.152. The summed E-state index contributed by atoms with van der Waals surface area (Å²) in [5.41, 5.74) is -0.134. The van der Waals surface area contributed by atoms with Crippen LogP contribution in [0.2, 0.25) is 0 Å². The standard InChI is InChI=1S/C27H44N4O7S/c1-8-17(4)23(29-24(33)20-11-9-10-12-30(20)6)26(34)31(15-37-7)21(16(2)3)13-22(38-18(5)32)25-28-19(14-39-25)27(35)36/h14,16-17,20-23H,8-13,15H2,1-7H3,(H,29,33)(H,35,36)/t17-,20+,21+,22+,23-/m0/s1. The van der Waals surface area contributed by atoms with Gasteiger partial charge in [-0.05, 0) is 38.3 Å². The molecule has 1 aliphatic rings. The van der Waals surface area contributed by atoms with Gasteiger partial charge in [0, 0.05) is 31.9 Å². The molecule has 1 aliphatic heterocycles. The molecular weight excluding hydrogens is 524 g/mol. The quantitative estimate of drug-likeness (QED) is 0.256. The number of rotatable bonds is 14. The molecule has 0 bridgehead atoms. The average Bonchev–Trinajstić information content (AvgIpc) is 3.38. The molecule has 1 fully saturated rings. The number of esters is 1. The van der Waals surface area contributed by atoms with Gasteiger partial charge in [-0.1, -0.05) is 40.5 Å². The molecule has 2 heterocycles. The van der Waals surface area contributed by atoms with Crippen molar-refractivity contribution in [3.63, 3.8) is 0 Å². The molecule has 2 amide bonds. The van der Waals surface area contributed by atoms with Crippen LogP contribution in [0.4, 0.5) is 0 Å². The van der Waals surface area contributed by atoms with Crippen LogP contribution >= 0.6 is 11.3 Å². The molecule has 0 aliphatic carbocycles. The summed E-state index contributed by atoms with van der Waals surface area (Å²) >= 11 is 1.09. The summed E-state index contributed by atoms with van der Waals surface area (Å²) < 4.78 is 11.0. The number of likely N-dealkylation sites (tertiary alicyclic amines) is 1. The van der Waals surface area contributed by atoms with E-state index in [4.69, 9.17) is 9.47 Å². The largest absolute Gasteiger partial charge is 0.476 e. The Hall–Kier alpha value is -2.57. The van der Waals surface area contributed by atoms with Crippen LogP contribution in [0.1, 0.15) is 88.3 Å². The Morgan fingerprint density at radius 2 is 1.95 bits per heavy atom. The van der Waals surface area contributed by atoms with Crippen LogP contribution in [0.3, 0.4) is 0 Å². The number of amides is 2. The minimum atomic E-state index is -1.17. The first kappa shape index (κ1) is 32.6. The fourth-order valence-electron chi connectivity index (χ4n) is 4.89. The summed E-state index contributed by atoms with van der Waals surface area (Å²) in [6.07, 6.45) is 2.77. The van der Waals surface area contributed by atoms with Crippen LogP contribution in [-0.4, -0.2) is 89.2 Å². The Bertz CT molecular complexity index is 985. The summed E-state index contributed by atoms with van der Waals surface area (Å²) in [6.45, 7) is 9.89. The maximum absolute atomic E-state index is 14.1. The first-order valence-electron chi connectivity index (χ1n) is 13.6. The Morgan fingerprint density at radius 3 is 2.46 bits per heavy atom. The second kappa shape index (κ2) is 15.3. The van der Waals surface area contributed by atoms with Crippen molar-refractivity contribution in [3.8, 4) is 0 Å². The number of aromatic nitrogens is 1. The number of methoxy groups -OCH3 is 1. The zero-order chi connectivity index (χ0) is 29.3. The summed E-state index contributed by atoms with van der Waals surface area (Å²) in [5.74, 6) is -2.37. The SMILES string of the molecule is CC[C@H](C)[C@H](NC(=O)[C@H]1CCCCN1C)C(=O)N(COC)[C@H](C[C@@H](OC(C)=O)c1nc(C(=O)O)cs1)C(C)C. The van der Waals surface area contributed by atoms with Gasteiger partial charge in [0.05, 0.1) is 6.04 Å². The van der Waals surface area contributed by atoms with Crippen LogP contribution in [0.25, 0.3) is 0 Å². The number of nitrogens with zero attached hydrogens (tertiary/aromatic N) is 3. The van der Waals surface area contributed by atoms with E-state index in [-0.39, 0.29) is 48.5 Å². The second-order valence-corrected chi connectivity index (χ2v) is 11.5. The molecular formula is C27H44N4O7S. The van der Waals surface area contributed by atoms with Crippen LogP contribution in [0.15, 0.2) is 5.38 Å². The fourth-order valence-corrected chi connectivity index (χ4v) is 5.72. The van der Waals surface area contributed by atoms with E-state index in [9.17, 15) is 24.3 Å². The van der Waals surface area contributed by atoms with Gasteiger partial charge in [0.1, 0.15) is 17.8 Å². The van der Waals surface area contributed by atoms with Crippen LogP contribution < -0.4 is 5.32 Å². The van der Waals surface area contributed by atoms with Gasteiger partial charge in [-0.3, -0.25) is 19.3 Å². The van der Waals surface area contributed by atoms with Crippen molar-refractivity contribution in [2.24, 2.45) is 11.8 Å². The van der Waals surface area contributed by atoms with Gasteiger partial charge >= 0.3 is 11.9 Å². The maximum atomic E-state index is 14.1. The highest BCUT2D eigenvalue weighted by Crippen LogP contribution is 2.31. The van der Waals surface area contributed by atoms with Crippen molar-refractivity contribution in [1.82, 2.24) is 20.1 Å². The number of carbonyl (C=O) groups is 4. The van der Waals surface area contributed by atoms with E-state index in [1.165, 1.54) is 19.4 Å². The number of aromatic carboxylic acids is 1. The highest BCUT2D eigenvalue weighted by Gasteiger charge is 2.38. The number of nitrogens with one attached hydrogen (secondary N) is 1. The van der Waals surface area contributed by atoms with Crippen LogP contribution in [0, 0.1) is 11.8 Å². The normalized spacial score (nSPS) is 19.1. The van der Waals surface area contributed by atoms with Gasteiger partial charge < -0.3 is 24.8 Å². The molecule has 5 atom stereocenters. The lowest BCUT2D eigenvalue weighted by Crippen LogP contribution is -2.59. The van der Waals surface area contributed by atoms with Gasteiger partial charge in [-0.25, -0.2) is 9.78 Å². The molecule has 0 saturated carbocycles. The summed E-state index contributed by atoms with van der Waals surface area (Å²) in [4.78, 5) is 58.6. The molecule has 0 spiro atoms. The Balaban J connectivity index is 2.38. The lowest BCUT2D eigenvalue weighted by atomic mass is 9.92. The zero-order valence-electron chi connectivity index (χ0n) is 24.1. The Morgan fingerprint density at radius 1 is 1.26 bits per heavy atom. The van der Waals surface area contributed by atoms with Gasteiger partial charge in [-0.15, -0.1) is 11.3 Å². The monoisotopic (exact) mass is 568 g/mol. The predicted molar refractivity (Wildman–Crippen MR) is 147 cm³/mol. The average molecular weight is 569 g/mol. The highest BCUT2D eigenvalue weighted by atomic mass is 32.1. The van der Waals surface area contributed by atoms with E-state index in [2.05, 4.69) is 10.3 Å². The number of piperidine rings is 1. The summed E-state index contributed by atoms with van der Waals surface area (Å²) in [6, 6.07) is -1.50. The molecule has 0 radical (unpaired) electrons. The van der Waals surface area contributed by atoms with E-state index < -0.39 is 30.1 Å². The fraction of sp³-hybridized carbons (Fsp3) is 0.741. The van der Waals surface area contributed by atoms with Crippen molar-refractivity contribution < 1.29 is 33.8 Å². The molecule has 12 heteroatoms. The second-order valence-electron chi connectivity index (χ2n) is 10.6. The molecule has 0 unspecified atom stereocenters. The summed E-state index contributed by atoms with van der Waals surface area (Å²) in [5, 5.41) is 14.1. The first-order valence-corrected chi connectivity index (χ1v) is 14.4. The number of thiazole rings is 1. The van der Waals surface area contributed by atoms with Crippen molar-refractivity contribution >= 4 is 35.1 Å². The number of carboxylic acids is 1. The Labute approximate surface area is 235 Å². The minimum absolute atomic E-state index is 0.0289. The van der Waals surface area contributed by atoms with Crippen LogP contribution in [0.5, 0.6) is 0 Å². The molecule has 2 N–H and O–H groups in total. The molecule has 220 valence electrons. The number of carboxylic acid groups (broad SMARTS) is 1. The third-order valence-corrected chi connectivity index (χ3v) is 8.29. The van der Waals surface area contributed by atoms with Gasteiger partial charge in [0.25, 0.3) is 0 Å². The number of hydrogen-bond acceptors (Lipinski definition) is 9. The smallest absolute Gasteiger partial charge is 0.355 e. The molecule has 2 rings (SSSR count). The molecule has 39 heavy (non-hydrogen) atoms. The van der Waals surface area contributed by atoms with E-state index in [1.807, 2.05) is 39.6 Å². The van der Waals surface area contributed by atoms with Crippen molar-refractivity contribution in [2.45, 2.75) is 91.0 Å². The highest BCUT2D eigenvalue weighted by molar-refractivity contribution is 7.09. The molecule has 11 nitrogen and oxygen atoms in total. The number of likely N-dealkylation sites (N-methyl/N-ethyl adjacent to an activating group) is 1. The molecule has 1 aromatic rings. The maximum Gasteiger partial charge on any atom is 0.355 e.